The van der Waals surface area contributed by atoms with Gasteiger partial charge < -0.3 is 5.11 Å². The first kappa shape index (κ1) is 15.2. The Balaban J connectivity index is 2.04. The van der Waals surface area contributed by atoms with Crippen LogP contribution in [0.4, 0.5) is 4.39 Å². The van der Waals surface area contributed by atoms with Crippen molar-refractivity contribution in [1.82, 2.24) is 4.90 Å². The Hall–Kier alpha value is -2.15. The second-order valence-electron chi connectivity index (χ2n) is 4.95. The van der Waals surface area contributed by atoms with Gasteiger partial charge >= 0.3 is 0 Å². The van der Waals surface area contributed by atoms with Crippen molar-refractivity contribution in [2.75, 3.05) is 6.54 Å². The Bertz CT molecular complexity index is 599. The number of nitrogens with zero attached hydrogens (tertiary/aromatic N) is 1. The molecule has 0 aromatic heterocycles. The highest BCUT2D eigenvalue weighted by molar-refractivity contribution is 5.22. The Morgan fingerprint density at radius 2 is 1.38 bits per heavy atom. The molecule has 0 atom stereocenters. The van der Waals surface area contributed by atoms with Crippen molar-refractivity contribution in [2.24, 2.45) is 0 Å². The Morgan fingerprint density at radius 1 is 0.905 bits per heavy atom. The third kappa shape index (κ3) is 4.71. The van der Waals surface area contributed by atoms with E-state index in [1.165, 1.54) is 12.1 Å². The van der Waals surface area contributed by atoms with Crippen molar-refractivity contribution in [2.45, 2.75) is 19.7 Å². The van der Waals surface area contributed by atoms with Crippen LogP contribution in [0.1, 0.15) is 16.7 Å². The Morgan fingerprint density at radius 3 is 1.86 bits per heavy atom. The number of hydrogen-bond acceptors (Lipinski definition) is 2. The zero-order valence-electron chi connectivity index (χ0n) is 11.8. The molecule has 2 rings (SSSR count). The molecule has 1 N–H and O–H groups in total. The minimum absolute atomic E-state index is 0.0456. The van der Waals surface area contributed by atoms with Crippen molar-refractivity contribution in [3.05, 3.63) is 71.0 Å². The number of hydrogen-bond donors (Lipinski definition) is 1. The van der Waals surface area contributed by atoms with Gasteiger partial charge in [-0.15, -0.1) is 6.42 Å². The lowest BCUT2D eigenvalue weighted by molar-refractivity contribution is 0.281. The highest BCUT2D eigenvalue weighted by Crippen LogP contribution is 2.12. The molecule has 2 aromatic rings. The maximum absolute atomic E-state index is 12.9. The van der Waals surface area contributed by atoms with Gasteiger partial charge in [0.25, 0.3) is 0 Å². The van der Waals surface area contributed by atoms with Gasteiger partial charge in [0.05, 0.1) is 13.2 Å². The van der Waals surface area contributed by atoms with E-state index in [0.717, 1.165) is 16.7 Å². The lowest BCUT2D eigenvalue weighted by atomic mass is 10.1. The topological polar surface area (TPSA) is 23.5 Å². The number of aliphatic hydroxyl groups is 1. The standard InChI is InChI=1S/C18H18FNO/c1-2-11-20(13-16-7-9-18(19)10-8-16)12-15-3-5-17(14-21)6-4-15/h1,3-10,21H,11-14H2. The molecular weight excluding hydrogens is 265 g/mol. The van der Waals surface area contributed by atoms with Crippen molar-refractivity contribution in [3.8, 4) is 12.3 Å². The summed E-state index contributed by atoms with van der Waals surface area (Å²) < 4.78 is 12.9. The first-order valence-electron chi connectivity index (χ1n) is 6.80. The van der Waals surface area contributed by atoms with Crippen LogP contribution < -0.4 is 0 Å². The minimum Gasteiger partial charge on any atom is -0.392 e. The van der Waals surface area contributed by atoms with Crippen molar-refractivity contribution in [3.63, 3.8) is 0 Å². The fourth-order valence-electron chi connectivity index (χ4n) is 2.15. The fraction of sp³-hybridized carbons (Fsp3) is 0.222. The number of aliphatic hydroxyl groups excluding tert-OH is 1. The summed E-state index contributed by atoms with van der Waals surface area (Å²) in [5.41, 5.74) is 3.05. The maximum Gasteiger partial charge on any atom is 0.123 e. The van der Waals surface area contributed by atoms with Crippen molar-refractivity contribution >= 4 is 0 Å². The molecule has 0 amide bonds. The van der Waals surface area contributed by atoms with Gasteiger partial charge in [-0.25, -0.2) is 4.39 Å². The van der Waals surface area contributed by atoms with Gasteiger partial charge in [-0.2, -0.15) is 0 Å². The zero-order valence-corrected chi connectivity index (χ0v) is 11.8. The number of halogens is 1. The molecular formula is C18H18FNO. The first-order chi connectivity index (χ1) is 10.2. The molecule has 0 aliphatic rings. The molecule has 0 heterocycles. The van der Waals surface area contributed by atoms with E-state index in [1.807, 2.05) is 24.3 Å². The lowest BCUT2D eigenvalue weighted by Gasteiger charge is -2.20. The van der Waals surface area contributed by atoms with Gasteiger partial charge in [-0.1, -0.05) is 42.3 Å². The maximum atomic E-state index is 12.9. The average Bonchev–Trinajstić information content (AvgIpc) is 2.50. The molecule has 0 saturated heterocycles. The first-order valence-corrected chi connectivity index (χ1v) is 6.80. The van der Waals surface area contributed by atoms with E-state index in [1.54, 1.807) is 12.1 Å². The predicted molar refractivity (Wildman–Crippen MR) is 81.7 cm³/mol. The van der Waals surface area contributed by atoms with Gasteiger partial charge in [0, 0.05) is 13.1 Å². The summed E-state index contributed by atoms with van der Waals surface area (Å²) in [6.07, 6.45) is 5.42. The number of benzene rings is 2. The molecule has 2 aromatic carbocycles. The van der Waals surface area contributed by atoms with Crippen LogP contribution in [-0.4, -0.2) is 16.6 Å². The second kappa shape index (κ2) is 7.58. The van der Waals surface area contributed by atoms with Crippen LogP contribution >= 0.6 is 0 Å². The largest absolute Gasteiger partial charge is 0.392 e. The van der Waals surface area contributed by atoms with E-state index in [-0.39, 0.29) is 12.4 Å². The monoisotopic (exact) mass is 283 g/mol. The third-order valence-electron chi connectivity index (χ3n) is 3.25. The highest BCUT2D eigenvalue weighted by Gasteiger charge is 2.06. The Labute approximate surface area is 124 Å². The molecule has 0 aliphatic carbocycles. The van der Waals surface area contributed by atoms with Gasteiger partial charge in [0.15, 0.2) is 0 Å². The summed E-state index contributed by atoms with van der Waals surface area (Å²) in [6, 6.07) is 14.2. The van der Waals surface area contributed by atoms with Gasteiger partial charge in [-0.3, -0.25) is 4.90 Å². The van der Waals surface area contributed by atoms with Crippen LogP contribution in [0.5, 0.6) is 0 Å². The van der Waals surface area contributed by atoms with E-state index in [2.05, 4.69) is 10.8 Å². The molecule has 0 bridgehead atoms. The summed E-state index contributed by atoms with van der Waals surface area (Å²) >= 11 is 0. The molecule has 0 aliphatic heterocycles. The normalized spacial score (nSPS) is 10.6. The van der Waals surface area contributed by atoms with E-state index < -0.39 is 0 Å². The molecule has 0 saturated carbocycles. The van der Waals surface area contributed by atoms with Crippen LogP contribution in [0.25, 0.3) is 0 Å². The van der Waals surface area contributed by atoms with E-state index >= 15 is 0 Å². The molecule has 108 valence electrons. The third-order valence-corrected chi connectivity index (χ3v) is 3.25. The van der Waals surface area contributed by atoms with Gasteiger partial charge in [0.2, 0.25) is 0 Å². The Kier molecular flexibility index (Phi) is 5.51. The molecule has 0 fully saturated rings. The van der Waals surface area contributed by atoms with Crippen LogP contribution in [-0.2, 0) is 19.7 Å². The van der Waals surface area contributed by atoms with E-state index in [4.69, 9.17) is 11.5 Å². The van der Waals surface area contributed by atoms with Crippen LogP contribution in [0, 0.1) is 18.2 Å². The lowest BCUT2D eigenvalue weighted by Crippen LogP contribution is -2.23. The highest BCUT2D eigenvalue weighted by atomic mass is 19.1. The van der Waals surface area contributed by atoms with Crippen molar-refractivity contribution < 1.29 is 9.50 Å². The van der Waals surface area contributed by atoms with E-state index in [0.29, 0.717) is 19.6 Å². The smallest absolute Gasteiger partial charge is 0.123 e. The quantitative estimate of drug-likeness (QED) is 0.824. The number of terminal acetylenes is 1. The summed E-state index contributed by atoms with van der Waals surface area (Å²) in [6.45, 7) is 1.96. The molecule has 21 heavy (non-hydrogen) atoms. The summed E-state index contributed by atoms with van der Waals surface area (Å²) in [4.78, 5) is 2.11. The molecule has 3 heteroatoms. The predicted octanol–water partition coefficient (Wildman–Crippen LogP) is 2.95. The number of rotatable bonds is 6. The van der Waals surface area contributed by atoms with Gasteiger partial charge in [0.1, 0.15) is 5.82 Å². The second-order valence-corrected chi connectivity index (χ2v) is 4.95. The average molecular weight is 283 g/mol. The van der Waals surface area contributed by atoms with Crippen molar-refractivity contribution in [1.29, 1.82) is 0 Å². The SMILES string of the molecule is C#CCN(Cc1ccc(F)cc1)Cc1ccc(CO)cc1. The van der Waals surface area contributed by atoms with Crippen LogP contribution in [0.15, 0.2) is 48.5 Å². The zero-order chi connectivity index (χ0) is 15.1. The van der Waals surface area contributed by atoms with Gasteiger partial charge in [-0.05, 0) is 28.8 Å². The molecule has 0 radical (unpaired) electrons. The van der Waals surface area contributed by atoms with E-state index in [9.17, 15) is 4.39 Å². The summed E-state index contributed by atoms with van der Waals surface area (Å²) in [5.74, 6) is 2.42. The molecule has 2 nitrogen and oxygen atoms in total. The minimum atomic E-state index is -0.234. The van der Waals surface area contributed by atoms with Crippen LogP contribution in [0.2, 0.25) is 0 Å². The van der Waals surface area contributed by atoms with Crippen LogP contribution in [0.3, 0.4) is 0 Å². The molecule has 0 unspecified atom stereocenters. The molecule has 0 spiro atoms. The summed E-state index contributed by atoms with van der Waals surface area (Å²) in [7, 11) is 0. The summed E-state index contributed by atoms with van der Waals surface area (Å²) in [5, 5.41) is 9.04. The fourth-order valence-corrected chi connectivity index (χ4v) is 2.15.